The zero-order valence-electron chi connectivity index (χ0n) is 12.3. The summed E-state index contributed by atoms with van der Waals surface area (Å²) < 4.78 is 13.9. The molecule has 2 N–H and O–H groups in total. The van der Waals surface area contributed by atoms with E-state index in [1.165, 1.54) is 6.92 Å². The van der Waals surface area contributed by atoms with Crippen LogP contribution >= 0.6 is 0 Å². The molecule has 0 heterocycles. The lowest BCUT2D eigenvalue weighted by Gasteiger charge is -2.23. The second kappa shape index (κ2) is 6.62. The Hall–Kier alpha value is -2.02. The molecule has 0 fully saturated rings. The van der Waals surface area contributed by atoms with Crippen LogP contribution in [0.25, 0.3) is 0 Å². The second-order valence-corrected chi connectivity index (χ2v) is 5.70. The predicted octanol–water partition coefficient (Wildman–Crippen LogP) is 2.18. The molecule has 0 saturated heterocycles. The van der Waals surface area contributed by atoms with Gasteiger partial charge in [0.15, 0.2) is 0 Å². The van der Waals surface area contributed by atoms with Crippen molar-refractivity contribution < 1.29 is 19.2 Å². The van der Waals surface area contributed by atoms with Crippen LogP contribution < -0.4 is 5.32 Å². The average Bonchev–Trinajstić information content (AvgIpc) is 2.38. The Kier molecular flexibility index (Phi) is 5.37. The molecule has 7 heteroatoms. The highest BCUT2D eigenvalue weighted by Gasteiger charge is 2.22. The molecule has 1 aromatic rings. The third-order valence-electron chi connectivity index (χ3n) is 3.21. The van der Waals surface area contributed by atoms with Gasteiger partial charge in [-0.05, 0) is 24.3 Å². The Morgan fingerprint density at radius 3 is 2.62 bits per heavy atom. The van der Waals surface area contributed by atoms with Crippen LogP contribution in [0.15, 0.2) is 12.1 Å². The molecule has 0 unspecified atom stereocenters. The third kappa shape index (κ3) is 4.49. The summed E-state index contributed by atoms with van der Waals surface area (Å²) >= 11 is 0. The smallest absolute Gasteiger partial charge is 0.270 e. The normalized spacial score (nSPS) is 11.3. The van der Waals surface area contributed by atoms with E-state index in [2.05, 4.69) is 5.32 Å². The van der Waals surface area contributed by atoms with Gasteiger partial charge in [0.1, 0.15) is 5.82 Å². The number of nitro benzene ring substituents is 1. The van der Waals surface area contributed by atoms with E-state index in [-0.39, 0.29) is 35.4 Å². The Labute approximate surface area is 122 Å². The average molecular weight is 298 g/mol. The van der Waals surface area contributed by atoms with Gasteiger partial charge in [-0.25, -0.2) is 4.39 Å². The van der Waals surface area contributed by atoms with Gasteiger partial charge in [-0.15, -0.1) is 0 Å². The van der Waals surface area contributed by atoms with Gasteiger partial charge < -0.3 is 10.4 Å². The summed E-state index contributed by atoms with van der Waals surface area (Å²) in [5, 5.41) is 22.2. The topological polar surface area (TPSA) is 92.5 Å². The fourth-order valence-electron chi connectivity index (χ4n) is 1.83. The zero-order valence-corrected chi connectivity index (χ0v) is 12.3. The van der Waals surface area contributed by atoms with Gasteiger partial charge in [-0.2, -0.15) is 0 Å². The minimum Gasteiger partial charge on any atom is -0.396 e. The number of carbonyl (C=O) groups excluding carboxylic acids is 1. The number of carbonyl (C=O) groups is 1. The number of aliphatic hydroxyl groups is 1. The van der Waals surface area contributed by atoms with E-state index in [4.69, 9.17) is 5.11 Å². The molecule has 116 valence electrons. The molecule has 0 radical (unpaired) electrons. The molecular weight excluding hydrogens is 279 g/mol. The Balaban J connectivity index is 2.95. The van der Waals surface area contributed by atoms with E-state index in [0.717, 1.165) is 12.1 Å². The maximum Gasteiger partial charge on any atom is 0.270 e. The van der Waals surface area contributed by atoms with Crippen molar-refractivity contribution in [1.82, 2.24) is 5.32 Å². The van der Waals surface area contributed by atoms with Crippen LogP contribution in [0.4, 0.5) is 10.1 Å². The number of amides is 1. The fraction of sp³-hybridized carbons (Fsp3) is 0.500. The molecule has 1 aromatic carbocycles. The molecule has 0 saturated carbocycles. The first-order chi connectivity index (χ1) is 9.68. The minimum absolute atomic E-state index is 0.0207. The SMILES string of the molecule is Cc1cc([N+](=O)[O-])cc(C(=O)NCC(C)(C)CCO)c1F. The number of hydrogen-bond acceptors (Lipinski definition) is 4. The molecule has 0 aliphatic heterocycles. The van der Waals surface area contributed by atoms with Crippen molar-refractivity contribution >= 4 is 11.6 Å². The van der Waals surface area contributed by atoms with Crippen molar-refractivity contribution in [2.45, 2.75) is 27.2 Å². The van der Waals surface area contributed by atoms with Crippen molar-refractivity contribution in [1.29, 1.82) is 0 Å². The van der Waals surface area contributed by atoms with Gasteiger partial charge in [0, 0.05) is 25.3 Å². The van der Waals surface area contributed by atoms with Crippen LogP contribution in [-0.4, -0.2) is 29.1 Å². The van der Waals surface area contributed by atoms with E-state index >= 15 is 0 Å². The molecule has 6 nitrogen and oxygen atoms in total. The Morgan fingerprint density at radius 1 is 1.48 bits per heavy atom. The summed E-state index contributed by atoms with van der Waals surface area (Å²) in [6.45, 7) is 5.27. The van der Waals surface area contributed by atoms with E-state index in [1.54, 1.807) is 0 Å². The summed E-state index contributed by atoms with van der Waals surface area (Å²) in [5.74, 6) is -1.47. The Bertz CT molecular complexity index is 558. The van der Waals surface area contributed by atoms with Crippen LogP contribution in [0.5, 0.6) is 0 Å². The zero-order chi connectivity index (χ0) is 16.2. The van der Waals surface area contributed by atoms with E-state index in [9.17, 15) is 19.3 Å². The maximum atomic E-state index is 13.9. The van der Waals surface area contributed by atoms with Crippen molar-refractivity contribution in [3.63, 3.8) is 0 Å². The maximum absolute atomic E-state index is 13.9. The number of non-ortho nitro benzene ring substituents is 1. The van der Waals surface area contributed by atoms with Gasteiger partial charge in [0.05, 0.1) is 10.5 Å². The van der Waals surface area contributed by atoms with Gasteiger partial charge in [-0.3, -0.25) is 14.9 Å². The molecule has 0 aliphatic rings. The largest absolute Gasteiger partial charge is 0.396 e. The Morgan fingerprint density at radius 2 is 2.10 bits per heavy atom. The molecule has 1 amide bonds. The van der Waals surface area contributed by atoms with Gasteiger partial charge >= 0.3 is 0 Å². The molecule has 0 aromatic heterocycles. The number of hydrogen-bond donors (Lipinski definition) is 2. The fourth-order valence-corrected chi connectivity index (χ4v) is 1.83. The third-order valence-corrected chi connectivity index (χ3v) is 3.21. The van der Waals surface area contributed by atoms with Crippen LogP contribution in [0.3, 0.4) is 0 Å². The number of halogens is 1. The molecule has 0 atom stereocenters. The molecule has 0 aliphatic carbocycles. The summed E-state index contributed by atoms with van der Waals surface area (Å²) in [6.07, 6.45) is 0.476. The lowest BCUT2D eigenvalue weighted by Crippen LogP contribution is -2.35. The number of benzene rings is 1. The first-order valence-corrected chi connectivity index (χ1v) is 6.51. The summed E-state index contributed by atoms with van der Waals surface area (Å²) in [4.78, 5) is 22.1. The van der Waals surface area contributed by atoms with Crippen molar-refractivity contribution in [2.24, 2.45) is 5.41 Å². The number of nitrogens with zero attached hydrogens (tertiary/aromatic N) is 1. The van der Waals surface area contributed by atoms with Crippen LogP contribution in [-0.2, 0) is 0 Å². The predicted molar refractivity (Wildman–Crippen MR) is 75.6 cm³/mol. The minimum atomic E-state index is -0.766. The molecule has 1 rings (SSSR count). The highest BCUT2D eigenvalue weighted by molar-refractivity contribution is 5.95. The van der Waals surface area contributed by atoms with Crippen LogP contribution in [0, 0.1) is 28.3 Å². The van der Waals surface area contributed by atoms with Crippen LogP contribution in [0.2, 0.25) is 0 Å². The lowest BCUT2D eigenvalue weighted by molar-refractivity contribution is -0.385. The van der Waals surface area contributed by atoms with Crippen molar-refractivity contribution in [3.8, 4) is 0 Å². The molecule has 0 bridgehead atoms. The van der Waals surface area contributed by atoms with E-state index in [0.29, 0.717) is 6.42 Å². The monoisotopic (exact) mass is 298 g/mol. The molecule has 0 spiro atoms. The number of nitrogens with one attached hydrogen (secondary N) is 1. The van der Waals surface area contributed by atoms with E-state index < -0.39 is 16.6 Å². The quantitative estimate of drug-likeness (QED) is 0.622. The van der Waals surface area contributed by atoms with Crippen molar-refractivity contribution in [2.75, 3.05) is 13.2 Å². The molecular formula is C14H19FN2O4. The summed E-state index contributed by atoms with van der Waals surface area (Å²) in [5.41, 5.74) is -0.976. The highest BCUT2D eigenvalue weighted by Crippen LogP contribution is 2.22. The van der Waals surface area contributed by atoms with Gasteiger partial charge in [0.25, 0.3) is 11.6 Å². The number of aryl methyl sites for hydroxylation is 1. The standard InChI is InChI=1S/C14H19FN2O4/c1-9-6-10(17(20)21)7-11(12(9)15)13(19)16-8-14(2,3)4-5-18/h6-7,18H,4-5,8H2,1-3H3,(H,16,19). The highest BCUT2D eigenvalue weighted by atomic mass is 19.1. The summed E-state index contributed by atoms with van der Waals surface area (Å²) in [6, 6.07) is 2.01. The first-order valence-electron chi connectivity index (χ1n) is 6.51. The number of aliphatic hydroxyl groups excluding tert-OH is 1. The lowest BCUT2D eigenvalue weighted by atomic mass is 9.89. The second-order valence-electron chi connectivity index (χ2n) is 5.70. The van der Waals surface area contributed by atoms with E-state index in [1.807, 2.05) is 13.8 Å². The van der Waals surface area contributed by atoms with Gasteiger partial charge in [-0.1, -0.05) is 13.8 Å². The first kappa shape index (κ1) is 17.0. The van der Waals surface area contributed by atoms with Crippen molar-refractivity contribution in [3.05, 3.63) is 39.2 Å². The number of rotatable bonds is 6. The van der Waals surface area contributed by atoms with Gasteiger partial charge in [0.2, 0.25) is 0 Å². The summed E-state index contributed by atoms with van der Waals surface area (Å²) in [7, 11) is 0. The van der Waals surface area contributed by atoms with Crippen LogP contribution in [0.1, 0.15) is 36.2 Å². The number of nitro groups is 1. The molecule has 21 heavy (non-hydrogen) atoms.